The minimum Gasteiger partial charge on any atom is -0.307 e. The lowest BCUT2D eigenvalue weighted by Gasteiger charge is -2.43. The molecular formula is C25H39NO. The Hall–Kier alpha value is -1.57. The first-order valence-corrected chi connectivity index (χ1v) is 10.8. The van der Waals surface area contributed by atoms with E-state index in [0.29, 0.717) is 11.8 Å². The summed E-state index contributed by atoms with van der Waals surface area (Å²) in [5, 5.41) is 0. The Morgan fingerprint density at radius 1 is 1.04 bits per heavy atom. The van der Waals surface area contributed by atoms with Gasteiger partial charge in [0.05, 0.1) is 5.69 Å². The molecule has 1 aliphatic heterocycles. The number of rotatable bonds is 7. The summed E-state index contributed by atoms with van der Waals surface area (Å²) in [6.07, 6.45) is 4.07. The first-order valence-electron chi connectivity index (χ1n) is 10.8. The molecule has 0 N–H and O–H groups in total. The van der Waals surface area contributed by atoms with E-state index in [1.54, 1.807) is 0 Å². The molecule has 0 saturated heterocycles. The van der Waals surface area contributed by atoms with E-state index in [2.05, 4.69) is 78.5 Å². The average molecular weight is 370 g/mol. The lowest BCUT2D eigenvalue weighted by Crippen LogP contribution is -2.47. The van der Waals surface area contributed by atoms with Crippen molar-refractivity contribution in [1.29, 1.82) is 0 Å². The lowest BCUT2D eigenvalue weighted by atomic mass is 9.74. The molecule has 1 amide bonds. The van der Waals surface area contributed by atoms with Crippen LogP contribution in [0.4, 0.5) is 5.69 Å². The molecule has 27 heavy (non-hydrogen) atoms. The molecule has 0 radical (unpaired) electrons. The van der Waals surface area contributed by atoms with E-state index in [9.17, 15) is 4.79 Å². The van der Waals surface area contributed by atoms with Gasteiger partial charge in [-0.3, -0.25) is 4.79 Å². The van der Waals surface area contributed by atoms with Crippen molar-refractivity contribution in [3.8, 4) is 0 Å². The second kappa shape index (κ2) is 8.63. The normalized spacial score (nSPS) is 17.4. The molecule has 1 heterocycles. The first-order chi connectivity index (χ1) is 12.7. The topological polar surface area (TPSA) is 20.3 Å². The number of benzene rings is 1. The second-order valence-corrected chi connectivity index (χ2v) is 9.28. The van der Waals surface area contributed by atoms with Gasteiger partial charge in [-0.2, -0.15) is 0 Å². The van der Waals surface area contributed by atoms with Crippen LogP contribution in [0, 0.1) is 5.41 Å². The maximum atomic E-state index is 13.7. The highest BCUT2D eigenvalue weighted by Crippen LogP contribution is 2.44. The average Bonchev–Trinajstić information content (AvgIpc) is 2.60. The number of hydrogen-bond acceptors (Lipinski definition) is 1. The molecule has 0 unspecified atom stereocenters. The van der Waals surface area contributed by atoms with Crippen molar-refractivity contribution in [3.05, 3.63) is 40.5 Å². The number of hydrogen-bond donors (Lipinski definition) is 0. The summed E-state index contributed by atoms with van der Waals surface area (Å²) >= 11 is 0. The van der Waals surface area contributed by atoms with Gasteiger partial charge >= 0.3 is 0 Å². The van der Waals surface area contributed by atoms with E-state index in [1.165, 1.54) is 22.4 Å². The molecule has 0 saturated carbocycles. The monoisotopic (exact) mass is 369 g/mol. The van der Waals surface area contributed by atoms with Crippen LogP contribution in [0.25, 0.3) is 0 Å². The van der Waals surface area contributed by atoms with Gasteiger partial charge in [0.1, 0.15) is 0 Å². The SMILES string of the molecule is CCCCC1=C(CC)C(C)(C)CN(c2c(C(C)C)cccc2C(C)C)C1=O. The molecule has 0 aliphatic carbocycles. The first kappa shape index (κ1) is 21.7. The third-order valence-corrected chi connectivity index (χ3v) is 5.98. The van der Waals surface area contributed by atoms with Crippen LogP contribution in [0.5, 0.6) is 0 Å². The molecule has 0 aromatic heterocycles. The predicted molar refractivity (Wildman–Crippen MR) is 118 cm³/mol. The Bertz CT molecular complexity index is 683. The van der Waals surface area contributed by atoms with Gasteiger partial charge in [-0.1, -0.05) is 85.6 Å². The maximum Gasteiger partial charge on any atom is 0.254 e. The number of anilines is 1. The van der Waals surface area contributed by atoms with Gasteiger partial charge < -0.3 is 4.90 Å². The standard InChI is InChI=1S/C25H39NO/c1-9-11-13-21-22(10-2)25(7,8)16-26(24(21)27)23-19(17(3)4)14-12-15-20(23)18(5)6/h12,14-15,17-18H,9-11,13,16H2,1-8H3. The molecule has 1 aliphatic rings. The fourth-order valence-electron chi connectivity index (χ4n) is 4.57. The van der Waals surface area contributed by atoms with Crippen LogP contribution in [0.3, 0.4) is 0 Å². The van der Waals surface area contributed by atoms with E-state index >= 15 is 0 Å². The zero-order chi connectivity index (χ0) is 20.4. The van der Waals surface area contributed by atoms with Crippen molar-refractivity contribution in [2.75, 3.05) is 11.4 Å². The smallest absolute Gasteiger partial charge is 0.254 e. The number of amides is 1. The quantitative estimate of drug-likeness (QED) is 0.497. The van der Waals surface area contributed by atoms with Gasteiger partial charge in [-0.25, -0.2) is 0 Å². The van der Waals surface area contributed by atoms with Crippen LogP contribution >= 0.6 is 0 Å². The molecule has 0 bridgehead atoms. The van der Waals surface area contributed by atoms with Crippen LogP contribution in [-0.4, -0.2) is 12.5 Å². The Labute approximate surface area is 167 Å². The molecule has 0 atom stereocenters. The van der Waals surface area contributed by atoms with E-state index in [4.69, 9.17) is 0 Å². The van der Waals surface area contributed by atoms with Crippen LogP contribution in [0.2, 0.25) is 0 Å². The van der Waals surface area contributed by atoms with Gasteiger partial charge in [0.15, 0.2) is 0 Å². The fourth-order valence-corrected chi connectivity index (χ4v) is 4.57. The zero-order valence-corrected chi connectivity index (χ0v) is 18.8. The summed E-state index contributed by atoms with van der Waals surface area (Å²) in [5.74, 6) is 1.03. The van der Waals surface area contributed by atoms with Crippen LogP contribution < -0.4 is 4.90 Å². The molecule has 1 aromatic rings. The predicted octanol–water partition coefficient (Wildman–Crippen LogP) is 7.20. The summed E-state index contributed by atoms with van der Waals surface area (Å²) in [6.45, 7) is 18.7. The van der Waals surface area contributed by atoms with Crippen LogP contribution in [-0.2, 0) is 4.79 Å². The number of carbonyl (C=O) groups is 1. The van der Waals surface area contributed by atoms with Crippen LogP contribution in [0.1, 0.15) is 104 Å². The van der Waals surface area contributed by atoms with Crippen molar-refractivity contribution in [1.82, 2.24) is 0 Å². The second-order valence-electron chi connectivity index (χ2n) is 9.28. The Morgan fingerprint density at radius 3 is 2.04 bits per heavy atom. The van der Waals surface area contributed by atoms with Crippen LogP contribution in [0.15, 0.2) is 29.3 Å². The maximum absolute atomic E-state index is 13.7. The Morgan fingerprint density at radius 2 is 1.59 bits per heavy atom. The van der Waals surface area contributed by atoms with Gasteiger partial charge in [0.25, 0.3) is 5.91 Å². The van der Waals surface area contributed by atoms with Crippen molar-refractivity contribution in [2.45, 2.75) is 92.9 Å². The Balaban J connectivity index is 2.67. The molecule has 150 valence electrons. The summed E-state index contributed by atoms with van der Waals surface area (Å²) < 4.78 is 0. The molecular weight excluding hydrogens is 330 g/mol. The van der Waals surface area contributed by atoms with E-state index < -0.39 is 0 Å². The molecule has 0 fully saturated rings. The molecule has 1 aromatic carbocycles. The number of para-hydroxylation sites is 1. The zero-order valence-electron chi connectivity index (χ0n) is 18.8. The highest BCUT2D eigenvalue weighted by molar-refractivity contribution is 6.08. The molecule has 0 spiro atoms. The largest absolute Gasteiger partial charge is 0.307 e. The summed E-state index contributed by atoms with van der Waals surface area (Å²) in [4.78, 5) is 15.8. The minimum absolute atomic E-state index is 0.0179. The number of unbranched alkanes of at least 4 members (excludes halogenated alkanes) is 1. The highest BCUT2D eigenvalue weighted by atomic mass is 16.2. The minimum atomic E-state index is 0.0179. The van der Waals surface area contributed by atoms with Crippen molar-refractivity contribution in [3.63, 3.8) is 0 Å². The van der Waals surface area contributed by atoms with Crippen molar-refractivity contribution >= 4 is 11.6 Å². The van der Waals surface area contributed by atoms with Gasteiger partial charge in [-0.05, 0) is 42.2 Å². The molecule has 2 heteroatoms. The summed E-state index contributed by atoms with van der Waals surface area (Å²) in [7, 11) is 0. The lowest BCUT2D eigenvalue weighted by molar-refractivity contribution is -0.116. The van der Waals surface area contributed by atoms with Gasteiger partial charge in [0.2, 0.25) is 0 Å². The van der Waals surface area contributed by atoms with E-state index in [-0.39, 0.29) is 11.3 Å². The summed E-state index contributed by atoms with van der Waals surface area (Å²) in [5.41, 5.74) is 6.21. The third kappa shape index (κ3) is 4.31. The third-order valence-electron chi connectivity index (χ3n) is 5.98. The van der Waals surface area contributed by atoms with E-state index in [0.717, 1.165) is 37.8 Å². The Kier molecular flexibility index (Phi) is 6.94. The van der Waals surface area contributed by atoms with Crippen molar-refractivity contribution < 1.29 is 4.79 Å². The molecule has 2 rings (SSSR count). The van der Waals surface area contributed by atoms with E-state index in [1.807, 2.05) is 0 Å². The fraction of sp³-hybridized carbons (Fsp3) is 0.640. The van der Waals surface area contributed by atoms with Crippen molar-refractivity contribution in [2.24, 2.45) is 5.41 Å². The number of carbonyl (C=O) groups excluding carboxylic acids is 1. The molecule has 2 nitrogen and oxygen atoms in total. The van der Waals surface area contributed by atoms with Gasteiger partial charge in [-0.15, -0.1) is 0 Å². The highest BCUT2D eigenvalue weighted by Gasteiger charge is 2.39. The summed E-state index contributed by atoms with van der Waals surface area (Å²) in [6, 6.07) is 6.56. The van der Waals surface area contributed by atoms with Gasteiger partial charge in [0, 0.05) is 17.5 Å². The number of nitrogens with zero attached hydrogens (tertiary/aromatic N) is 1.